The van der Waals surface area contributed by atoms with Gasteiger partial charge in [0.05, 0.1) is 11.8 Å². The zero-order valence-electron chi connectivity index (χ0n) is 41.7. The average Bonchev–Trinajstić information content (AvgIpc) is 3.64. The maximum absolute atomic E-state index is 12.8. The van der Waals surface area contributed by atoms with Gasteiger partial charge in [0.1, 0.15) is 36.4 Å². The van der Waals surface area contributed by atoms with Gasteiger partial charge in [-0.1, -0.05) is 176 Å². The van der Waals surface area contributed by atoms with E-state index in [0.29, 0.717) is 36.9 Å². The van der Waals surface area contributed by atoms with Crippen molar-refractivity contribution in [3.63, 3.8) is 0 Å². The van der Waals surface area contributed by atoms with Crippen LogP contribution in [0.5, 0.6) is 0 Å². The van der Waals surface area contributed by atoms with Crippen molar-refractivity contribution in [2.45, 2.75) is 265 Å². The Hall–Kier alpha value is -2.37. The molecule has 8 nitrogen and oxygen atoms in total. The predicted octanol–water partition coefficient (Wildman–Crippen LogP) is 15.0. The Labute approximate surface area is 384 Å². The monoisotopic (exact) mass is 872 g/mol. The summed E-state index contributed by atoms with van der Waals surface area (Å²) in [5.74, 6) is 0.479. The van der Waals surface area contributed by atoms with E-state index in [1.807, 2.05) is 7.11 Å². The van der Waals surface area contributed by atoms with Crippen LogP contribution < -0.4 is 5.32 Å². The Bertz CT molecular complexity index is 1080. The van der Waals surface area contributed by atoms with Gasteiger partial charge in [-0.05, 0) is 90.3 Å². The number of rotatable bonds is 45. The molecule has 1 heterocycles. The molecule has 0 spiro atoms. The van der Waals surface area contributed by atoms with E-state index in [0.717, 1.165) is 95.9 Å². The Balaban J connectivity index is 0.00000245. The Morgan fingerprint density at radius 2 is 1.13 bits per heavy atom. The number of carbonyl (C=O) groups excluding carboxylic acids is 2. The number of ether oxygens (including phenoxy) is 3. The predicted molar refractivity (Wildman–Crippen MR) is 263 cm³/mol. The Morgan fingerprint density at radius 1 is 0.677 bits per heavy atom. The summed E-state index contributed by atoms with van der Waals surface area (Å²) in [6.45, 7) is 17.2. The van der Waals surface area contributed by atoms with Crippen LogP contribution in [0.3, 0.4) is 0 Å². The number of hydrogen-bond donors (Lipinski definition) is 1. The van der Waals surface area contributed by atoms with Gasteiger partial charge in [-0.2, -0.15) is 5.26 Å². The molecular weight excluding hydrogens is 771 g/mol. The maximum atomic E-state index is 12.8. The van der Waals surface area contributed by atoms with Crippen molar-refractivity contribution in [2.24, 2.45) is 0 Å². The Kier molecular flexibility index (Phi) is 44.8. The van der Waals surface area contributed by atoms with Crippen molar-refractivity contribution < 1.29 is 23.8 Å². The van der Waals surface area contributed by atoms with Crippen LogP contribution in [-0.2, 0) is 23.8 Å². The summed E-state index contributed by atoms with van der Waals surface area (Å²) in [7, 11) is 1.82. The van der Waals surface area contributed by atoms with E-state index in [4.69, 9.17) is 14.2 Å². The molecule has 62 heavy (non-hydrogen) atoms. The molecule has 1 unspecified atom stereocenters. The van der Waals surface area contributed by atoms with Crippen LogP contribution in [0.25, 0.3) is 0 Å². The van der Waals surface area contributed by atoms with E-state index in [9.17, 15) is 14.9 Å². The number of carbonyl (C=O) groups is 2. The molecule has 0 bridgehead atoms. The summed E-state index contributed by atoms with van der Waals surface area (Å²) in [5.41, 5.74) is 1.39. The number of allylic oxidation sites excluding steroid dienone is 1. The molecule has 1 atom stereocenters. The van der Waals surface area contributed by atoms with Gasteiger partial charge in [-0.15, -0.1) is 0 Å². The first-order chi connectivity index (χ1) is 30.4. The van der Waals surface area contributed by atoms with E-state index >= 15 is 0 Å². The maximum Gasteiger partial charge on any atom is 0.306 e. The van der Waals surface area contributed by atoms with Gasteiger partial charge in [0.15, 0.2) is 0 Å². The van der Waals surface area contributed by atoms with Crippen LogP contribution in [-0.4, -0.2) is 69.3 Å². The van der Waals surface area contributed by atoms with Gasteiger partial charge in [0, 0.05) is 26.5 Å². The first-order valence-corrected chi connectivity index (χ1v) is 26.5. The van der Waals surface area contributed by atoms with Gasteiger partial charge in [0.25, 0.3) is 0 Å². The van der Waals surface area contributed by atoms with Crippen LogP contribution in [0.1, 0.15) is 252 Å². The van der Waals surface area contributed by atoms with Crippen molar-refractivity contribution in [3.05, 3.63) is 23.6 Å². The van der Waals surface area contributed by atoms with Gasteiger partial charge in [-0.25, -0.2) is 0 Å². The lowest BCUT2D eigenvalue weighted by Crippen LogP contribution is -2.30. The molecule has 0 saturated heterocycles. The molecule has 1 aliphatic heterocycles. The molecule has 0 amide bonds. The zero-order valence-corrected chi connectivity index (χ0v) is 41.7. The molecule has 0 radical (unpaired) electrons. The molecule has 0 fully saturated rings. The molecule has 1 rings (SSSR count). The second-order valence-corrected chi connectivity index (χ2v) is 18.1. The fourth-order valence-corrected chi connectivity index (χ4v) is 8.30. The van der Waals surface area contributed by atoms with Gasteiger partial charge < -0.3 is 29.2 Å². The fraction of sp³-hybridized carbons (Fsp3) is 0.870. The third kappa shape index (κ3) is 37.0. The smallest absolute Gasteiger partial charge is 0.306 e. The number of nitrogens with zero attached hydrogens (tertiary/aromatic N) is 2. The summed E-state index contributed by atoms with van der Waals surface area (Å²) in [5, 5.41) is 12.7. The Morgan fingerprint density at radius 3 is 1.61 bits per heavy atom. The number of aldehydes is 1. The number of nitriles is 1. The molecule has 1 aliphatic rings. The average molecular weight is 872 g/mol. The quantitative estimate of drug-likeness (QED) is 0.0367. The molecule has 0 aliphatic carbocycles. The summed E-state index contributed by atoms with van der Waals surface area (Å²) in [6, 6.07) is 2.19. The highest BCUT2D eigenvalue weighted by Gasteiger charge is 2.19. The molecule has 0 aromatic rings. The van der Waals surface area contributed by atoms with Crippen LogP contribution in [0.2, 0.25) is 0 Å². The van der Waals surface area contributed by atoms with E-state index in [1.54, 1.807) is 0 Å². The minimum atomic E-state index is 0.0130. The second kappa shape index (κ2) is 46.6. The topological polar surface area (TPSA) is 101 Å². The highest BCUT2D eigenvalue weighted by atomic mass is 16.5. The molecule has 0 aromatic heterocycles. The van der Waals surface area contributed by atoms with Crippen LogP contribution >= 0.6 is 0 Å². The highest BCUT2D eigenvalue weighted by Crippen LogP contribution is 2.21. The lowest BCUT2D eigenvalue weighted by Gasteiger charge is -2.22. The van der Waals surface area contributed by atoms with Crippen LogP contribution in [0.15, 0.2) is 23.6 Å². The third-order valence-electron chi connectivity index (χ3n) is 12.4. The van der Waals surface area contributed by atoms with Crippen molar-refractivity contribution >= 4 is 12.3 Å². The van der Waals surface area contributed by atoms with Gasteiger partial charge >= 0.3 is 5.97 Å². The summed E-state index contributed by atoms with van der Waals surface area (Å²) in [6.07, 6.45) is 43.3. The number of nitrogens with one attached hydrogen (secondary N) is 1. The molecule has 0 saturated carbocycles. The van der Waals surface area contributed by atoms with E-state index in [2.05, 4.69) is 50.6 Å². The third-order valence-corrected chi connectivity index (χ3v) is 12.4. The first kappa shape index (κ1) is 59.6. The van der Waals surface area contributed by atoms with E-state index in [-0.39, 0.29) is 12.1 Å². The van der Waals surface area contributed by atoms with E-state index in [1.165, 1.54) is 154 Å². The minimum absolute atomic E-state index is 0.0130. The van der Waals surface area contributed by atoms with E-state index < -0.39 is 0 Å². The van der Waals surface area contributed by atoms with Gasteiger partial charge in [-0.3, -0.25) is 4.79 Å². The second-order valence-electron chi connectivity index (χ2n) is 18.1. The SMILES string of the molecule is C=C1OCC(NCCCN(CCCCCCCC=O)CCCCCCCC(=O)OC(CCCCCCCC)CCCCCCCC)=C1C#N.CCCCCCCCC(CC)OC. The highest BCUT2D eigenvalue weighted by molar-refractivity contribution is 5.69. The minimum Gasteiger partial charge on any atom is -0.487 e. The normalized spacial score (nSPS) is 13.0. The van der Waals surface area contributed by atoms with Crippen molar-refractivity contribution in [1.29, 1.82) is 5.26 Å². The number of unbranched alkanes of at least 4 members (excludes halogenated alkanes) is 24. The van der Waals surface area contributed by atoms with Gasteiger partial charge in [0.2, 0.25) is 0 Å². The molecule has 8 heteroatoms. The van der Waals surface area contributed by atoms with Crippen LogP contribution in [0.4, 0.5) is 0 Å². The lowest BCUT2D eigenvalue weighted by atomic mass is 10.0. The summed E-state index contributed by atoms with van der Waals surface area (Å²) in [4.78, 5) is 25.9. The molecule has 0 aromatic carbocycles. The van der Waals surface area contributed by atoms with Crippen molar-refractivity contribution in [2.75, 3.05) is 39.9 Å². The number of hydrogen-bond acceptors (Lipinski definition) is 8. The standard InChI is InChI=1S/C42H75N3O4.C12H26O/c1-4-6-8-10-15-21-28-39(29-22-16-11-9-7-5-2)49-42(47)30-23-17-14-19-25-33-45(32-24-18-12-13-20-26-35-46)34-27-31-44-41-37-48-38(3)40(41)36-43;1-4-6-7-8-9-10-11-12(5-2)13-3/h35,39,44H,3-34,37H2,1-2H3;12H,4-11H2,1-3H3. The largest absolute Gasteiger partial charge is 0.487 e. The first-order valence-electron chi connectivity index (χ1n) is 26.5. The van der Waals surface area contributed by atoms with Crippen LogP contribution in [0, 0.1) is 11.3 Å². The number of esters is 1. The molecule has 362 valence electrons. The van der Waals surface area contributed by atoms with Crippen molar-refractivity contribution in [1.82, 2.24) is 10.2 Å². The lowest BCUT2D eigenvalue weighted by molar-refractivity contribution is -0.150. The fourth-order valence-electron chi connectivity index (χ4n) is 8.30. The molecule has 1 N–H and O–H groups in total. The summed E-state index contributed by atoms with van der Waals surface area (Å²) >= 11 is 0. The van der Waals surface area contributed by atoms with Crippen molar-refractivity contribution in [3.8, 4) is 6.07 Å². The zero-order chi connectivity index (χ0) is 45.6. The number of methoxy groups -OCH3 is 1. The summed E-state index contributed by atoms with van der Waals surface area (Å²) < 4.78 is 16.8. The molecular formula is C54H101N3O5.